The highest BCUT2D eigenvalue weighted by Gasteiger charge is 2.30. The molecular weight excluding hydrogens is 568 g/mol. The lowest BCUT2D eigenvalue weighted by molar-refractivity contribution is -0.132. The molecule has 0 heterocycles. The van der Waals surface area contributed by atoms with Gasteiger partial charge in [-0.2, -0.15) is 0 Å². The smallest absolute Gasteiger partial charge is 0.247 e. The molecule has 3 atom stereocenters. The van der Waals surface area contributed by atoms with Gasteiger partial charge in [-0.1, -0.05) is 97.1 Å². The van der Waals surface area contributed by atoms with Crippen molar-refractivity contribution in [3.05, 3.63) is 119 Å². The maximum absolute atomic E-state index is 14.2. The molecule has 11 heteroatoms. The third-order valence-corrected chi connectivity index (χ3v) is 7.52. The number of nitrogen functional groups attached to an aromatic ring is 1. The topological polar surface area (TPSA) is 213 Å². The lowest BCUT2D eigenvalue weighted by Gasteiger charge is -2.25. The van der Waals surface area contributed by atoms with E-state index in [1.54, 1.807) is 42.5 Å². The van der Waals surface area contributed by atoms with E-state index < -0.39 is 29.8 Å². The summed E-state index contributed by atoms with van der Waals surface area (Å²) in [5.41, 5.74) is 19.3. The predicted octanol–water partition coefficient (Wildman–Crippen LogP) is 2.54. The van der Waals surface area contributed by atoms with Crippen LogP contribution in [0, 0.1) is 10.8 Å². The molecule has 1 unspecified atom stereocenters. The molecule has 4 rings (SSSR count). The minimum absolute atomic E-state index is 0.0496. The van der Waals surface area contributed by atoms with Gasteiger partial charge >= 0.3 is 0 Å². The molecule has 0 aliphatic carbocycles. The normalized spacial score (nSPS) is 12.8. The number of hydrogen-bond acceptors (Lipinski definition) is 5. The third-order valence-electron chi connectivity index (χ3n) is 7.52. The summed E-state index contributed by atoms with van der Waals surface area (Å²) in [6.45, 7) is 0.328. The minimum Gasteiger partial charge on any atom is -0.384 e. The molecule has 0 bridgehead atoms. The van der Waals surface area contributed by atoms with Crippen molar-refractivity contribution in [2.45, 2.75) is 37.3 Å². The number of fused-ring (bicyclic) bond motifs is 1. The van der Waals surface area contributed by atoms with Gasteiger partial charge in [-0.25, -0.2) is 0 Å². The van der Waals surface area contributed by atoms with E-state index in [4.69, 9.17) is 28.0 Å². The Labute approximate surface area is 261 Å². The number of carbonyl (C=O) groups is 3. The third kappa shape index (κ3) is 8.90. The molecule has 0 saturated heterocycles. The second-order valence-corrected chi connectivity index (χ2v) is 10.8. The predicted molar refractivity (Wildman–Crippen MR) is 175 cm³/mol. The van der Waals surface area contributed by atoms with Crippen molar-refractivity contribution < 1.29 is 14.4 Å². The van der Waals surface area contributed by atoms with Crippen LogP contribution in [0.4, 0.5) is 0 Å². The fraction of sp³-hybridized carbons (Fsp3) is 0.206. The van der Waals surface area contributed by atoms with Crippen LogP contribution < -0.4 is 33.2 Å². The van der Waals surface area contributed by atoms with Gasteiger partial charge in [0, 0.05) is 12.1 Å². The number of nitrogens with one attached hydrogen (secondary N) is 5. The molecule has 11 N–H and O–H groups in total. The second kappa shape index (κ2) is 15.1. The highest BCUT2D eigenvalue weighted by atomic mass is 16.2. The summed E-state index contributed by atoms with van der Waals surface area (Å²) < 4.78 is 0. The average Bonchev–Trinajstić information content (AvgIpc) is 3.03. The van der Waals surface area contributed by atoms with E-state index in [1.165, 1.54) is 0 Å². The Balaban J connectivity index is 1.63. The number of hydrogen-bond donors (Lipinski definition) is 8. The van der Waals surface area contributed by atoms with Crippen LogP contribution in [0.2, 0.25) is 0 Å². The summed E-state index contributed by atoms with van der Waals surface area (Å²) in [7, 11) is 0. The summed E-state index contributed by atoms with van der Waals surface area (Å²) in [6, 6.07) is 27.5. The monoisotopic (exact) mass is 606 g/mol. The first-order valence-electron chi connectivity index (χ1n) is 14.6. The van der Waals surface area contributed by atoms with Gasteiger partial charge in [0.15, 0.2) is 5.96 Å². The van der Waals surface area contributed by atoms with E-state index in [1.807, 2.05) is 54.6 Å². The summed E-state index contributed by atoms with van der Waals surface area (Å²) in [6.07, 6.45) is 0.952. The molecule has 0 fully saturated rings. The van der Waals surface area contributed by atoms with Crippen molar-refractivity contribution in [3.63, 3.8) is 0 Å². The maximum atomic E-state index is 14.2. The Morgan fingerprint density at radius 3 is 2.02 bits per heavy atom. The molecule has 0 aliphatic heterocycles. The fourth-order valence-corrected chi connectivity index (χ4v) is 5.10. The van der Waals surface area contributed by atoms with Crippen molar-refractivity contribution >= 4 is 40.3 Å². The van der Waals surface area contributed by atoms with E-state index in [9.17, 15) is 14.4 Å². The standard InChI is InChI=1S/C34H38N8O3/c35-30(36)24-14-12-21(13-15-24)19-27(26-17-16-22-7-4-5-10-25(22)20-26)32(44)42-29(23-8-2-1-3-9-23)33(45)41-28(31(37)43)11-6-18-40-34(38)39/h1-5,7-10,12-17,20,27-29H,6,11,18-19H2,(H3,35,36)(H2,37,43)(H,41,45)(H,42,44)(H4,38,39,40)/t27-,28?,29-/m0/s1. The van der Waals surface area contributed by atoms with Crippen LogP contribution in [0.3, 0.4) is 0 Å². The molecule has 0 saturated carbocycles. The van der Waals surface area contributed by atoms with Gasteiger partial charge in [0.25, 0.3) is 0 Å². The zero-order valence-electron chi connectivity index (χ0n) is 24.8. The van der Waals surface area contributed by atoms with E-state index in [0.717, 1.165) is 21.9 Å². The second-order valence-electron chi connectivity index (χ2n) is 10.8. The van der Waals surface area contributed by atoms with Gasteiger partial charge in [-0.05, 0) is 46.7 Å². The van der Waals surface area contributed by atoms with Crippen LogP contribution in [0.1, 0.15) is 47.1 Å². The number of benzene rings is 4. The molecule has 4 aromatic rings. The van der Waals surface area contributed by atoms with Crippen LogP contribution in [-0.4, -0.2) is 42.1 Å². The maximum Gasteiger partial charge on any atom is 0.247 e. The number of rotatable bonds is 14. The zero-order chi connectivity index (χ0) is 32.3. The van der Waals surface area contributed by atoms with Gasteiger partial charge in [0.1, 0.15) is 17.9 Å². The molecule has 11 nitrogen and oxygen atoms in total. The van der Waals surface area contributed by atoms with E-state index in [0.29, 0.717) is 30.5 Å². The van der Waals surface area contributed by atoms with Gasteiger partial charge in [-0.15, -0.1) is 0 Å². The molecule has 232 valence electrons. The Bertz CT molecular complexity index is 1670. The van der Waals surface area contributed by atoms with Crippen molar-refractivity contribution in [1.82, 2.24) is 16.0 Å². The molecule has 0 aliphatic rings. The molecule has 0 aromatic heterocycles. The van der Waals surface area contributed by atoms with Gasteiger partial charge in [-0.3, -0.25) is 25.2 Å². The molecule has 45 heavy (non-hydrogen) atoms. The lowest BCUT2D eigenvalue weighted by atomic mass is 9.89. The summed E-state index contributed by atoms with van der Waals surface area (Å²) in [5, 5.41) is 25.3. The first-order chi connectivity index (χ1) is 21.6. The van der Waals surface area contributed by atoms with Crippen LogP contribution in [-0.2, 0) is 20.8 Å². The highest BCUT2D eigenvalue weighted by Crippen LogP contribution is 2.27. The van der Waals surface area contributed by atoms with Gasteiger partial charge in [0.05, 0.1) is 5.92 Å². The lowest BCUT2D eigenvalue weighted by Crippen LogP contribution is -2.50. The van der Waals surface area contributed by atoms with Crippen molar-refractivity contribution in [2.24, 2.45) is 17.2 Å². The van der Waals surface area contributed by atoms with Gasteiger partial charge in [0.2, 0.25) is 17.7 Å². The van der Waals surface area contributed by atoms with Crippen molar-refractivity contribution in [1.29, 1.82) is 10.8 Å². The summed E-state index contributed by atoms with van der Waals surface area (Å²) in [4.78, 5) is 40.1. The number of amides is 3. The van der Waals surface area contributed by atoms with Crippen LogP contribution in [0.25, 0.3) is 10.8 Å². The number of primary amides is 1. The molecule has 4 aromatic carbocycles. The first-order valence-corrected chi connectivity index (χ1v) is 14.6. The van der Waals surface area contributed by atoms with E-state index >= 15 is 0 Å². The zero-order valence-corrected chi connectivity index (χ0v) is 24.8. The van der Waals surface area contributed by atoms with Crippen LogP contribution >= 0.6 is 0 Å². The molecule has 0 spiro atoms. The Kier molecular flexibility index (Phi) is 10.8. The Morgan fingerprint density at radius 1 is 0.711 bits per heavy atom. The minimum atomic E-state index is -1.11. The van der Waals surface area contributed by atoms with Gasteiger partial charge < -0.3 is 33.2 Å². The van der Waals surface area contributed by atoms with Crippen molar-refractivity contribution in [2.75, 3.05) is 6.54 Å². The first kappa shape index (κ1) is 32.2. The Morgan fingerprint density at radius 2 is 1.38 bits per heavy atom. The van der Waals surface area contributed by atoms with E-state index in [-0.39, 0.29) is 24.1 Å². The number of nitrogens with two attached hydrogens (primary N) is 3. The highest BCUT2D eigenvalue weighted by molar-refractivity contribution is 5.96. The van der Waals surface area contributed by atoms with Crippen LogP contribution in [0.5, 0.6) is 0 Å². The van der Waals surface area contributed by atoms with Crippen molar-refractivity contribution in [3.8, 4) is 0 Å². The number of guanidine groups is 1. The fourth-order valence-electron chi connectivity index (χ4n) is 5.10. The molecule has 0 radical (unpaired) electrons. The number of amidine groups is 1. The quantitative estimate of drug-likeness (QED) is 0.0613. The number of carbonyl (C=O) groups excluding carboxylic acids is 3. The SMILES string of the molecule is N=C(N)NCCCC(NC(=O)[C@@H](NC(=O)[C@@H](Cc1ccc(C(=N)N)cc1)c1ccc2ccccc2c1)c1ccccc1)C(N)=O. The summed E-state index contributed by atoms with van der Waals surface area (Å²) >= 11 is 0. The molecular formula is C34H38N8O3. The molecule has 3 amide bonds. The largest absolute Gasteiger partial charge is 0.384 e. The van der Waals surface area contributed by atoms with E-state index in [2.05, 4.69) is 16.0 Å². The summed E-state index contributed by atoms with van der Waals surface area (Å²) in [5.74, 6) is -2.61. The van der Waals surface area contributed by atoms with Crippen LogP contribution in [0.15, 0.2) is 97.1 Å². The Hall–Kier alpha value is -5.71. The average molecular weight is 607 g/mol.